The number of nitrogens with one attached hydrogen (secondary N) is 1. The molecule has 1 aromatic heterocycles. The molecule has 8 atom stereocenters. The summed E-state index contributed by atoms with van der Waals surface area (Å²) in [6, 6.07) is 0. The molecule has 282 valence electrons. The summed E-state index contributed by atoms with van der Waals surface area (Å²) < 4.78 is 21.7. The van der Waals surface area contributed by atoms with E-state index in [0.29, 0.717) is 17.9 Å². The maximum absolute atomic E-state index is 13.1. The fraction of sp³-hybridized carbons (Fsp3) is 0.579. The van der Waals surface area contributed by atoms with Crippen molar-refractivity contribution in [1.29, 1.82) is 0 Å². The molecule has 0 radical (unpaired) electrons. The molecule has 1 spiro atoms. The molecule has 2 aliphatic rings. The highest BCUT2D eigenvalue weighted by Crippen LogP contribution is 2.54. The number of hydrogen-bond donors (Lipinski definition) is 4. The fourth-order valence-electron chi connectivity index (χ4n) is 6.88. The second kappa shape index (κ2) is 17.6. The summed E-state index contributed by atoms with van der Waals surface area (Å²) in [4.78, 5) is 44.3. The van der Waals surface area contributed by atoms with E-state index in [1.165, 1.54) is 26.2 Å². The van der Waals surface area contributed by atoms with Gasteiger partial charge >= 0.3 is 5.97 Å². The highest BCUT2D eigenvalue weighted by atomic mass is 16.6. The van der Waals surface area contributed by atoms with Crippen molar-refractivity contribution in [3.05, 3.63) is 78.1 Å². The van der Waals surface area contributed by atoms with Gasteiger partial charge in [0, 0.05) is 41.2 Å². The Labute approximate surface area is 300 Å². The average Bonchev–Trinajstić information content (AvgIpc) is 3.58. The summed E-state index contributed by atoms with van der Waals surface area (Å²) >= 11 is 0. The first kappa shape index (κ1) is 41.5. The van der Waals surface area contributed by atoms with E-state index in [1.807, 2.05) is 18.2 Å². The molecule has 2 amide bonds. The number of rotatable bonds is 18. The normalized spacial score (nSPS) is 26.8. The van der Waals surface area contributed by atoms with Crippen LogP contribution in [-0.4, -0.2) is 113 Å². The number of carbonyl (C=O) groups is 3. The Hall–Kier alpha value is -3.88. The number of carbonyl (C=O) groups excluding carboxylic acids is 3. The van der Waals surface area contributed by atoms with E-state index < -0.39 is 64.7 Å². The van der Waals surface area contributed by atoms with Crippen LogP contribution in [0.5, 0.6) is 0 Å². The van der Waals surface area contributed by atoms with Crippen LogP contribution in [0.4, 0.5) is 0 Å². The summed E-state index contributed by atoms with van der Waals surface area (Å²) in [6.07, 6.45) is 14.4. The van der Waals surface area contributed by atoms with Crippen LogP contribution in [0.25, 0.3) is 0 Å². The van der Waals surface area contributed by atoms with Crippen molar-refractivity contribution in [1.82, 2.24) is 15.2 Å². The molecule has 4 N–H and O–H groups in total. The predicted octanol–water partition coefficient (Wildman–Crippen LogP) is 2.75. The SMILES string of the molecule is COCC1OC(=O)C12N(C)C(=O)C(C)C2(O)C(CC(C)C(O)/C=C/C=C\CNC(=O)C(C)(C)C(O)/C(C)=C/C=C/C=C/Cc1cnc(C)o1)OC. The summed E-state index contributed by atoms with van der Waals surface area (Å²) in [7, 11) is 4.30. The van der Waals surface area contributed by atoms with Gasteiger partial charge in [0.15, 0.2) is 12.0 Å². The maximum atomic E-state index is 13.1. The quantitative estimate of drug-likeness (QED) is 0.130. The van der Waals surface area contributed by atoms with E-state index in [-0.39, 0.29) is 25.5 Å². The highest BCUT2D eigenvalue weighted by Gasteiger charge is 2.81. The summed E-state index contributed by atoms with van der Waals surface area (Å²) in [5.74, 6) is -1.50. The summed E-state index contributed by atoms with van der Waals surface area (Å²) in [6.45, 7) is 10.4. The van der Waals surface area contributed by atoms with Gasteiger partial charge in [0.1, 0.15) is 11.4 Å². The van der Waals surface area contributed by atoms with E-state index in [0.717, 1.165) is 5.76 Å². The smallest absolute Gasteiger partial charge is 0.339 e. The Bertz CT molecular complexity index is 1530. The number of amides is 2. The van der Waals surface area contributed by atoms with Crippen molar-refractivity contribution in [2.45, 2.75) is 89.9 Å². The Kier molecular flexibility index (Phi) is 14.3. The number of cyclic esters (lactones) is 1. The largest absolute Gasteiger partial charge is 0.455 e. The van der Waals surface area contributed by atoms with Gasteiger partial charge in [-0.3, -0.25) is 9.59 Å². The molecule has 8 unspecified atom stereocenters. The monoisotopic (exact) mass is 713 g/mol. The number of aliphatic hydroxyl groups excluding tert-OH is 2. The van der Waals surface area contributed by atoms with Crippen molar-refractivity contribution in [2.24, 2.45) is 17.3 Å². The molecule has 1 aromatic rings. The molecule has 13 heteroatoms. The minimum atomic E-state index is -1.94. The zero-order valence-corrected chi connectivity index (χ0v) is 31.2. The maximum Gasteiger partial charge on any atom is 0.339 e. The minimum Gasteiger partial charge on any atom is -0.455 e. The lowest BCUT2D eigenvalue weighted by Crippen LogP contribution is -2.81. The number of esters is 1. The van der Waals surface area contributed by atoms with Crippen LogP contribution in [0.2, 0.25) is 0 Å². The zero-order chi connectivity index (χ0) is 38.1. The summed E-state index contributed by atoms with van der Waals surface area (Å²) in [5, 5.41) is 36.8. The van der Waals surface area contributed by atoms with Gasteiger partial charge in [0.2, 0.25) is 17.4 Å². The van der Waals surface area contributed by atoms with Gasteiger partial charge in [-0.25, -0.2) is 9.78 Å². The number of aryl methyl sites for hydroxylation is 1. The van der Waals surface area contributed by atoms with Crippen LogP contribution >= 0.6 is 0 Å². The van der Waals surface area contributed by atoms with Crippen LogP contribution < -0.4 is 5.32 Å². The van der Waals surface area contributed by atoms with Gasteiger partial charge in [-0.2, -0.15) is 0 Å². The number of hydrogen-bond acceptors (Lipinski definition) is 11. The number of likely N-dealkylation sites (N-methyl/N-ethyl adjacent to an activating group) is 1. The van der Waals surface area contributed by atoms with Crippen molar-refractivity contribution >= 4 is 17.8 Å². The van der Waals surface area contributed by atoms with Crippen molar-refractivity contribution in [3.8, 4) is 0 Å². The average molecular weight is 714 g/mol. The van der Waals surface area contributed by atoms with Crippen molar-refractivity contribution < 1.29 is 48.3 Å². The Morgan fingerprint density at radius 1 is 1.16 bits per heavy atom. The minimum absolute atomic E-state index is 0.0139. The zero-order valence-electron chi connectivity index (χ0n) is 31.2. The van der Waals surface area contributed by atoms with Gasteiger partial charge in [-0.05, 0) is 38.7 Å². The number of aliphatic hydroxyl groups is 3. The molecule has 2 fully saturated rings. The Morgan fingerprint density at radius 3 is 2.45 bits per heavy atom. The molecule has 13 nitrogen and oxygen atoms in total. The van der Waals surface area contributed by atoms with E-state index >= 15 is 0 Å². The number of methoxy groups -OCH3 is 2. The lowest BCUT2D eigenvalue weighted by atomic mass is 9.65. The molecule has 3 heterocycles. The van der Waals surface area contributed by atoms with Crippen LogP contribution in [0.1, 0.15) is 52.7 Å². The Balaban J connectivity index is 1.52. The molecule has 0 bridgehead atoms. The third kappa shape index (κ3) is 8.44. The molecule has 0 aromatic carbocycles. The number of likely N-dealkylation sites (tertiary alicyclic amines) is 1. The first-order valence-corrected chi connectivity index (χ1v) is 17.1. The molecule has 2 aliphatic heterocycles. The summed E-state index contributed by atoms with van der Waals surface area (Å²) in [5.41, 5.74) is -4.08. The first-order valence-electron chi connectivity index (χ1n) is 17.1. The first-order chi connectivity index (χ1) is 24.0. The topological polar surface area (TPSA) is 181 Å². The Morgan fingerprint density at radius 2 is 1.84 bits per heavy atom. The highest BCUT2D eigenvalue weighted by molar-refractivity contribution is 6.00. The van der Waals surface area contributed by atoms with Gasteiger partial charge in [-0.1, -0.05) is 68.5 Å². The number of nitrogens with zero attached hydrogens (tertiary/aromatic N) is 2. The molecular formula is C38H55N3O10. The van der Waals surface area contributed by atoms with Gasteiger partial charge in [-0.15, -0.1) is 0 Å². The van der Waals surface area contributed by atoms with E-state index in [9.17, 15) is 29.7 Å². The second-order valence-electron chi connectivity index (χ2n) is 13.9. The molecule has 0 saturated carbocycles. The standard InChI is InChI=1S/C38H55N3O10/c1-24(17-13-10-11-14-18-28-22-40-27(4)50-28)32(43)36(5,6)34(45)39-20-16-12-15-19-29(42)25(2)21-30(49-9)38(47)26(3)33(44)41(7)37(38)31(23-48-8)51-35(37)46/h10-17,19,22,25-26,29-32,42-43,47H,18,20-21,23H2,1-9H3,(H,39,45)/b13-10+,14-11+,16-12-,19-15+,24-17+. The molecule has 3 rings (SSSR count). The van der Waals surface area contributed by atoms with Gasteiger partial charge in [0.25, 0.3) is 0 Å². The van der Waals surface area contributed by atoms with Crippen molar-refractivity contribution in [3.63, 3.8) is 0 Å². The van der Waals surface area contributed by atoms with E-state index in [1.54, 1.807) is 84.2 Å². The second-order valence-corrected chi connectivity index (χ2v) is 13.9. The molecule has 2 saturated heterocycles. The van der Waals surface area contributed by atoms with Crippen LogP contribution in [0.3, 0.4) is 0 Å². The van der Waals surface area contributed by atoms with Gasteiger partial charge < -0.3 is 44.2 Å². The van der Waals surface area contributed by atoms with Gasteiger partial charge in [0.05, 0.1) is 42.4 Å². The van der Waals surface area contributed by atoms with E-state index in [2.05, 4.69) is 10.3 Å². The number of ether oxygens (including phenoxy) is 3. The molecule has 0 aliphatic carbocycles. The van der Waals surface area contributed by atoms with Crippen LogP contribution in [0.15, 0.2) is 70.9 Å². The molecule has 51 heavy (non-hydrogen) atoms. The lowest BCUT2D eigenvalue weighted by Gasteiger charge is -2.56. The van der Waals surface area contributed by atoms with Crippen LogP contribution in [-0.2, 0) is 35.0 Å². The third-order valence-electron chi connectivity index (χ3n) is 10.1. The van der Waals surface area contributed by atoms with E-state index in [4.69, 9.17) is 18.6 Å². The van der Waals surface area contributed by atoms with Crippen molar-refractivity contribution in [2.75, 3.05) is 34.4 Å². The fourth-order valence-corrected chi connectivity index (χ4v) is 6.88. The number of allylic oxidation sites excluding steroid dienone is 7. The number of aromatic nitrogens is 1. The lowest BCUT2D eigenvalue weighted by molar-refractivity contribution is -0.264. The third-order valence-corrected chi connectivity index (χ3v) is 10.1. The predicted molar refractivity (Wildman–Crippen MR) is 190 cm³/mol. The van der Waals surface area contributed by atoms with Crippen LogP contribution in [0, 0.1) is 24.2 Å². The molecular weight excluding hydrogens is 658 g/mol. The number of oxazole rings is 1.